The van der Waals surface area contributed by atoms with Crippen LogP contribution < -0.4 is 5.32 Å². The molecule has 0 fully saturated rings. The van der Waals surface area contributed by atoms with Gasteiger partial charge in [-0.2, -0.15) is 0 Å². The topological polar surface area (TPSA) is 46.2 Å². The summed E-state index contributed by atoms with van der Waals surface area (Å²) in [7, 11) is 0. The van der Waals surface area contributed by atoms with Crippen molar-refractivity contribution < 1.29 is 9.59 Å². The van der Waals surface area contributed by atoms with Crippen molar-refractivity contribution in [3.8, 4) is 0 Å². The van der Waals surface area contributed by atoms with E-state index in [1.54, 1.807) is 6.08 Å². The molecular weight excluding hydrogens is 226 g/mol. The third-order valence-corrected chi connectivity index (χ3v) is 3.21. The van der Waals surface area contributed by atoms with E-state index >= 15 is 0 Å². The molecule has 3 nitrogen and oxygen atoms in total. The molecule has 0 aromatic heterocycles. The normalized spacial score (nSPS) is 20.5. The summed E-state index contributed by atoms with van der Waals surface area (Å²) in [6.45, 7) is 3.08. The van der Waals surface area contributed by atoms with E-state index in [4.69, 9.17) is 0 Å². The van der Waals surface area contributed by atoms with E-state index in [0.717, 1.165) is 37.8 Å². The summed E-state index contributed by atoms with van der Waals surface area (Å²) in [5, 5.41) is 3.45. The van der Waals surface area contributed by atoms with Crippen LogP contribution in [0.1, 0.15) is 51.9 Å². The monoisotopic (exact) mass is 249 g/mol. The number of rotatable bonds is 6. The highest BCUT2D eigenvalue weighted by atomic mass is 16.1. The Bertz CT molecular complexity index is 332. The fourth-order valence-electron chi connectivity index (χ4n) is 2.22. The van der Waals surface area contributed by atoms with Gasteiger partial charge in [0, 0.05) is 12.2 Å². The van der Waals surface area contributed by atoms with E-state index in [-0.39, 0.29) is 5.57 Å². The Hall–Kier alpha value is -1.38. The zero-order chi connectivity index (χ0) is 13.2. The highest BCUT2D eigenvalue weighted by Gasteiger charge is 2.09. The molecule has 0 heterocycles. The summed E-state index contributed by atoms with van der Waals surface area (Å²) in [4.78, 5) is 21.5. The predicted molar refractivity (Wildman–Crippen MR) is 73.2 cm³/mol. The lowest BCUT2D eigenvalue weighted by atomic mass is 9.96. The lowest BCUT2D eigenvalue weighted by Crippen LogP contribution is -2.17. The van der Waals surface area contributed by atoms with E-state index in [0.29, 0.717) is 12.6 Å². The van der Waals surface area contributed by atoms with Crippen LogP contribution in [0.2, 0.25) is 0 Å². The minimum Gasteiger partial charge on any atom is -0.388 e. The third-order valence-electron chi connectivity index (χ3n) is 3.21. The summed E-state index contributed by atoms with van der Waals surface area (Å²) >= 11 is 0. The Morgan fingerprint density at radius 1 is 1.11 bits per heavy atom. The van der Waals surface area contributed by atoms with Gasteiger partial charge in [-0.1, -0.05) is 19.8 Å². The molecule has 100 valence electrons. The summed E-state index contributed by atoms with van der Waals surface area (Å²) in [5.74, 6) is 0. The molecule has 1 rings (SSSR count). The standard InChI is InChI=1S/C15H23NO2/c1-2-9-16-15-8-6-4-3-5-7-14(15)10-13(11-17)12-18/h10-12,16H,2-9H2,1H3/b15-14-. The maximum atomic E-state index is 10.7. The maximum Gasteiger partial charge on any atom is 0.153 e. The largest absolute Gasteiger partial charge is 0.388 e. The molecule has 0 amide bonds. The van der Waals surface area contributed by atoms with Crippen molar-refractivity contribution in [3.63, 3.8) is 0 Å². The molecule has 0 spiro atoms. The Kier molecular flexibility index (Phi) is 7.07. The van der Waals surface area contributed by atoms with Gasteiger partial charge in [0.15, 0.2) is 12.6 Å². The highest BCUT2D eigenvalue weighted by molar-refractivity contribution is 5.99. The van der Waals surface area contributed by atoms with Gasteiger partial charge < -0.3 is 5.32 Å². The summed E-state index contributed by atoms with van der Waals surface area (Å²) in [6, 6.07) is 0. The van der Waals surface area contributed by atoms with Crippen molar-refractivity contribution >= 4 is 12.6 Å². The lowest BCUT2D eigenvalue weighted by Gasteiger charge is -2.18. The van der Waals surface area contributed by atoms with E-state index in [9.17, 15) is 9.59 Å². The van der Waals surface area contributed by atoms with Crippen molar-refractivity contribution in [3.05, 3.63) is 22.9 Å². The summed E-state index contributed by atoms with van der Waals surface area (Å²) in [5.41, 5.74) is 2.59. The first-order chi connectivity index (χ1) is 8.81. The molecule has 0 radical (unpaired) electrons. The number of carbonyl (C=O) groups excluding carboxylic acids is 2. The molecule has 0 saturated carbocycles. The fraction of sp³-hybridized carbons (Fsp3) is 0.600. The number of hydrogen-bond donors (Lipinski definition) is 1. The Labute approximate surface area is 109 Å². The van der Waals surface area contributed by atoms with Crippen molar-refractivity contribution in [1.82, 2.24) is 5.32 Å². The molecule has 3 heteroatoms. The number of allylic oxidation sites excluding steroid dienone is 4. The van der Waals surface area contributed by atoms with E-state index in [2.05, 4.69) is 12.2 Å². The predicted octanol–water partition coefficient (Wildman–Crippen LogP) is 2.92. The van der Waals surface area contributed by atoms with Crippen LogP contribution in [0, 0.1) is 0 Å². The zero-order valence-corrected chi connectivity index (χ0v) is 11.2. The summed E-state index contributed by atoms with van der Waals surface area (Å²) < 4.78 is 0. The Morgan fingerprint density at radius 3 is 2.39 bits per heavy atom. The second kappa shape index (κ2) is 8.67. The molecule has 0 saturated heterocycles. The van der Waals surface area contributed by atoms with Crippen molar-refractivity contribution in [2.24, 2.45) is 0 Å². The molecule has 0 aromatic carbocycles. The van der Waals surface area contributed by atoms with Crippen LogP contribution in [0.25, 0.3) is 0 Å². The molecule has 0 aliphatic heterocycles. The van der Waals surface area contributed by atoms with Crippen LogP contribution >= 0.6 is 0 Å². The van der Waals surface area contributed by atoms with Gasteiger partial charge in [-0.05, 0) is 43.8 Å². The van der Waals surface area contributed by atoms with Gasteiger partial charge in [0.05, 0.1) is 5.57 Å². The zero-order valence-electron chi connectivity index (χ0n) is 11.2. The second-order valence-electron chi connectivity index (χ2n) is 4.72. The maximum absolute atomic E-state index is 10.7. The second-order valence-corrected chi connectivity index (χ2v) is 4.72. The van der Waals surface area contributed by atoms with Crippen LogP contribution in [0.5, 0.6) is 0 Å². The molecular formula is C15H23NO2. The van der Waals surface area contributed by atoms with Crippen molar-refractivity contribution in [1.29, 1.82) is 0 Å². The first kappa shape index (κ1) is 14.7. The number of nitrogens with one attached hydrogen (secondary N) is 1. The molecule has 0 atom stereocenters. The van der Waals surface area contributed by atoms with Gasteiger partial charge in [-0.3, -0.25) is 9.59 Å². The van der Waals surface area contributed by atoms with Gasteiger partial charge in [0.2, 0.25) is 0 Å². The smallest absolute Gasteiger partial charge is 0.153 e. The molecule has 1 N–H and O–H groups in total. The fourth-order valence-corrected chi connectivity index (χ4v) is 2.22. The number of carbonyl (C=O) groups is 2. The van der Waals surface area contributed by atoms with Gasteiger partial charge in [0.25, 0.3) is 0 Å². The van der Waals surface area contributed by atoms with Gasteiger partial charge in [-0.15, -0.1) is 0 Å². The lowest BCUT2D eigenvalue weighted by molar-refractivity contribution is -0.109. The summed E-state index contributed by atoms with van der Waals surface area (Å²) in [6.07, 6.45) is 10.9. The minimum atomic E-state index is 0.237. The van der Waals surface area contributed by atoms with Crippen molar-refractivity contribution in [2.75, 3.05) is 6.54 Å². The molecule has 18 heavy (non-hydrogen) atoms. The van der Waals surface area contributed by atoms with Crippen LogP contribution in [-0.2, 0) is 9.59 Å². The van der Waals surface area contributed by atoms with Crippen LogP contribution in [0.4, 0.5) is 0 Å². The molecule has 0 unspecified atom stereocenters. The average molecular weight is 249 g/mol. The minimum absolute atomic E-state index is 0.237. The van der Waals surface area contributed by atoms with E-state index < -0.39 is 0 Å². The first-order valence-electron chi connectivity index (χ1n) is 6.89. The van der Waals surface area contributed by atoms with Crippen LogP contribution in [-0.4, -0.2) is 19.1 Å². The highest BCUT2D eigenvalue weighted by Crippen LogP contribution is 2.23. The van der Waals surface area contributed by atoms with Gasteiger partial charge in [-0.25, -0.2) is 0 Å². The van der Waals surface area contributed by atoms with E-state index in [1.807, 2.05) is 0 Å². The SMILES string of the molecule is CCCN/C1=C(\C=C(C=O)C=O)CCCCCC1. The van der Waals surface area contributed by atoms with E-state index in [1.165, 1.54) is 25.0 Å². The van der Waals surface area contributed by atoms with Crippen LogP contribution in [0.15, 0.2) is 22.9 Å². The molecule has 1 aliphatic rings. The average Bonchev–Trinajstić information content (AvgIpc) is 2.37. The quantitative estimate of drug-likeness (QED) is 0.341. The number of hydrogen-bond acceptors (Lipinski definition) is 3. The Balaban J connectivity index is 2.93. The molecule has 0 aromatic rings. The van der Waals surface area contributed by atoms with Crippen molar-refractivity contribution in [2.45, 2.75) is 51.9 Å². The van der Waals surface area contributed by atoms with Gasteiger partial charge >= 0.3 is 0 Å². The van der Waals surface area contributed by atoms with Gasteiger partial charge in [0.1, 0.15) is 0 Å². The first-order valence-corrected chi connectivity index (χ1v) is 6.89. The Morgan fingerprint density at radius 2 is 1.78 bits per heavy atom. The third kappa shape index (κ3) is 4.86. The van der Waals surface area contributed by atoms with Crippen LogP contribution in [0.3, 0.4) is 0 Å². The molecule has 1 aliphatic carbocycles. The number of aldehydes is 2. The molecule has 0 bridgehead atoms.